The Morgan fingerprint density at radius 2 is 1.07 bits per heavy atom. The highest BCUT2D eigenvalue weighted by atomic mass is 15.1. The van der Waals surface area contributed by atoms with Gasteiger partial charge in [0.15, 0.2) is 0 Å². The van der Waals surface area contributed by atoms with Crippen molar-refractivity contribution in [3.8, 4) is 22.3 Å². The highest BCUT2D eigenvalue weighted by Crippen LogP contribution is 2.58. The van der Waals surface area contributed by atoms with Gasteiger partial charge in [-0.2, -0.15) is 0 Å². The Balaban J connectivity index is 1.55. The number of nitrogens with zero attached hydrogens (tertiary/aromatic N) is 1. The van der Waals surface area contributed by atoms with Gasteiger partial charge in [-0.25, -0.2) is 0 Å². The van der Waals surface area contributed by atoms with E-state index in [1.165, 1.54) is 55.5 Å². The van der Waals surface area contributed by atoms with Crippen LogP contribution in [0.3, 0.4) is 0 Å². The third-order valence-electron chi connectivity index (χ3n) is 9.61. The van der Waals surface area contributed by atoms with Crippen LogP contribution in [0.2, 0.25) is 0 Å². The van der Waals surface area contributed by atoms with Gasteiger partial charge in [0.25, 0.3) is 0 Å². The molecule has 0 aromatic heterocycles. The topological polar surface area (TPSA) is 3.24 Å². The molecular formula is C40H35N. The summed E-state index contributed by atoms with van der Waals surface area (Å²) in [5.41, 5.74) is 11.3. The standard InChI is InChI=1S/C40H35N/c1-39(2)34-22-14-24-37(38(34)33-26-25-30(27-35(33)40(39,3)4)28-15-7-5-8-16-28)41(31-19-9-6-10-20-31)36-23-13-18-29-17-11-12-21-32(29)36/h5-27H,1-4H3. The molecule has 1 heteroatoms. The van der Waals surface area contributed by atoms with E-state index in [0.29, 0.717) is 0 Å². The van der Waals surface area contributed by atoms with Crippen LogP contribution in [0.15, 0.2) is 140 Å². The molecule has 200 valence electrons. The van der Waals surface area contributed by atoms with Gasteiger partial charge in [0.2, 0.25) is 0 Å². The zero-order chi connectivity index (χ0) is 28.2. The van der Waals surface area contributed by atoms with Gasteiger partial charge in [-0.05, 0) is 74.4 Å². The minimum atomic E-state index is -0.0955. The van der Waals surface area contributed by atoms with E-state index in [4.69, 9.17) is 0 Å². The molecule has 0 spiro atoms. The van der Waals surface area contributed by atoms with Crippen molar-refractivity contribution in [2.75, 3.05) is 4.90 Å². The molecule has 0 N–H and O–H groups in total. The van der Waals surface area contributed by atoms with E-state index in [0.717, 1.165) is 5.69 Å². The number of hydrogen-bond donors (Lipinski definition) is 0. The third-order valence-corrected chi connectivity index (χ3v) is 9.61. The van der Waals surface area contributed by atoms with E-state index >= 15 is 0 Å². The molecule has 0 amide bonds. The van der Waals surface area contributed by atoms with Crippen molar-refractivity contribution < 1.29 is 0 Å². The van der Waals surface area contributed by atoms with Crippen LogP contribution in [0.1, 0.15) is 38.8 Å². The van der Waals surface area contributed by atoms with Crippen LogP contribution >= 0.6 is 0 Å². The highest BCUT2D eigenvalue weighted by Gasteiger charge is 2.47. The third kappa shape index (κ3) is 3.91. The minimum Gasteiger partial charge on any atom is -0.309 e. The molecule has 0 unspecified atom stereocenters. The van der Waals surface area contributed by atoms with Crippen molar-refractivity contribution in [3.05, 3.63) is 151 Å². The summed E-state index contributed by atoms with van der Waals surface area (Å²) in [6.45, 7) is 9.66. The number of rotatable bonds is 4. The minimum absolute atomic E-state index is 0.0736. The first-order chi connectivity index (χ1) is 19.9. The predicted octanol–water partition coefficient (Wildman–Crippen LogP) is 11.2. The molecule has 0 saturated carbocycles. The smallest absolute Gasteiger partial charge is 0.0543 e. The van der Waals surface area contributed by atoms with Gasteiger partial charge in [0, 0.05) is 16.6 Å². The lowest BCUT2D eigenvalue weighted by molar-refractivity contribution is 0.299. The molecule has 0 radical (unpaired) electrons. The zero-order valence-corrected chi connectivity index (χ0v) is 24.2. The van der Waals surface area contributed by atoms with Crippen molar-refractivity contribution >= 4 is 27.8 Å². The fourth-order valence-electron chi connectivity index (χ4n) is 6.68. The summed E-state index contributed by atoms with van der Waals surface area (Å²) in [5.74, 6) is 0. The maximum absolute atomic E-state index is 2.46. The average Bonchev–Trinajstić information content (AvgIpc) is 3.01. The van der Waals surface area contributed by atoms with Gasteiger partial charge in [0.1, 0.15) is 0 Å². The summed E-state index contributed by atoms with van der Waals surface area (Å²) in [6, 6.07) is 50.9. The number of anilines is 3. The summed E-state index contributed by atoms with van der Waals surface area (Å²) in [4.78, 5) is 2.46. The predicted molar refractivity (Wildman–Crippen MR) is 176 cm³/mol. The van der Waals surface area contributed by atoms with Gasteiger partial charge in [-0.3, -0.25) is 0 Å². The summed E-state index contributed by atoms with van der Waals surface area (Å²) in [5, 5.41) is 2.48. The lowest BCUT2D eigenvalue weighted by atomic mass is 9.55. The van der Waals surface area contributed by atoms with Crippen LogP contribution in [0, 0.1) is 0 Å². The second kappa shape index (κ2) is 9.49. The van der Waals surface area contributed by atoms with Crippen LogP contribution in [0.25, 0.3) is 33.0 Å². The van der Waals surface area contributed by atoms with Gasteiger partial charge >= 0.3 is 0 Å². The number of fused-ring (bicyclic) bond motifs is 4. The lowest BCUT2D eigenvalue weighted by Gasteiger charge is -2.49. The molecule has 1 aliphatic carbocycles. The summed E-state index contributed by atoms with van der Waals surface area (Å²) in [7, 11) is 0. The first kappa shape index (κ1) is 25.4. The Morgan fingerprint density at radius 3 is 1.85 bits per heavy atom. The lowest BCUT2D eigenvalue weighted by Crippen LogP contribution is -2.43. The molecule has 41 heavy (non-hydrogen) atoms. The van der Waals surface area contributed by atoms with Gasteiger partial charge in [-0.1, -0.05) is 137 Å². The second-order valence-electron chi connectivity index (χ2n) is 12.2. The molecule has 0 aliphatic heterocycles. The maximum Gasteiger partial charge on any atom is 0.0543 e. The zero-order valence-electron chi connectivity index (χ0n) is 24.2. The average molecular weight is 530 g/mol. The maximum atomic E-state index is 2.46. The number of hydrogen-bond acceptors (Lipinski definition) is 1. The molecule has 0 saturated heterocycles. The van der Waals surface area contributed by atoms with Crippen LogP contribution in [0.5, 0.6) is 0 Å². The first-order valence-corrected chi connectivity index (χ1v) is 14.5. The van der Waals surface area contributed by atoms with Gasteiger partial charge in [0.05, 0.1) is 11.4 Å². The van der Waals surface area contributed by atoms with E-state index in [1.54, 1.807) is 0 Å². The summed E-state index contributed by atoms with van der Waals surface area (Å²) < 4.78 is 0. The number of para-hydroxylation sites is 1. The Morgan fingerprint density at radius 1 is 0.463 bits per heavy atom. The van der Waals surface area contributed by atoms with Crippen LogP contribution in [-0.2, 0) is 10.8 Å². The van der Waals surface area contributed by atoms with E-state index in [9.17, 15) is 0 Å². The Hall–Kier alpha value is -4.62. The molecule has 1 aliphatic rings. The molecule has 0 heterocycles. The molecule has 0 atom stereocenters. The summed E-state index contributed by atoms with van der Waals surface area (Å²) in [6.07, 6.45) is 0. The molecular weight excluding hydrogens is 494 g/mol. The van der Waals surface area contributed by atoms with E-state index < -0.39 is 0 Å². The Kier molecular flexibility index (Phi) is 5.87. The van der Waals surface area contributed by atoms with Crippen molar-refractivity contribution in [1.82, 2.24) is 0 Å². The Bertz CT molecular complexity index is 1870. The van der Waals surface area contributed by atoms with Crippen molar-refractivity contribution in [3.63, 3.8) is 0 Å². The fraction of sp³-hybridized carbons (Fsp3) is 0.150. The van der Waals surface area contributed by atoms with E-state index in [1.807, 2.05) is 0 Å². The second-order valence-corrected chi connectivity index (χ2v) is 12.2. The van der Waals surface area contributed by atoms with Gasteiger partial charge < -0.3 is 4.90 Å². The van der Waals surface area contributed by atoms with Crippen LogP contribution in [-0.4, -0.2) is 0 Å². The van der Waals surface area contributed by atoms with Crippen LogP contribution in [0.4, 0.5) is 17.1 Å². The SMILES string of the molecule is CC1(C)c2cc(-c3ccccc3)ccc2-c2c(N(c3ccccc3)c3cccc4ccccc34)cccc2C1(C)C. The van der Waals surface area contributed by atoms with Crippen molar-refractivity contribution in [2.45, 2.75) is 38.5 Å². The highest BCUT2D eigenvalue weighted by molar-refractivity contribution is 6.02. The van der Waals surface area contributed by atoms with Gasteiger partial charge in [-0.15, -0.1) is 0 Å². The molecule has 7 rings (SSSR count). The Labute approximate surface area is 243 Å². The summed E-state index contributed by atoms with van der Waals surface area (Å²) >= 11 is 0. The first-order valence-electron chi connectivity index (χ1n) is 14.5. The fourth-order valence-corrected chi connectivity index (χ4v) is 6.68. The number of benzene rings is 6. The molecule has 1 nitrogen and oxygen atoms in total. The van der Waals surface area contributed by atoms with Crippen LogP contribution < -0.4 is 4.90 Å². The normalized spacial score (nSPS) is 14.7. The van der Waals surface area contributed by atoms with E-state index in [-0.39, 0.29) is 10.8 Å². The molecule has 0 fully saturated rings. The monoisotopic (exact) mass is 529 g/mol. The molecule has 6 aromatic carbocycles. The largest absolute Gasteiger partial charge is 0.309 e. The van der Waals surface area contributed by atoms with E-state index in [2.05, 4.69) is 172 Å². The van der Waals surface area contributed by atoms with Crippen molar-refractivity contribution in [2.24, 2.45) is 0 Å². The molecule has 0 bridgehead atoms. The quantitative estimate of drug-likeness (QED) is 0.219. The molecule has 6 aromatic rings. The van der Waals surface area contributed by atoms with Crippen molar-refractivity contribution in [1.29, 1.82) is 0 Å².